The molecule has 34 heavy (non-hydrogen) atoms. The molecule has 2 aromatic heterocycles. The molecule has 1 atom stereocenters. The highest BCUT2D eigenvalue weighted by molar-refractivity contribution is 5.90. The molecule has 0 fully saturated rings. The molecule has 0 spiro atoms. The maximum absolute atomic E-state index is 13.0. The third-order valence-corrected chi connectivity index (χ3v) is 5.07. The quantitative estimate of drug-likeness (QED) is 0.415. The first kappa shape index (κ1) is 24.6. The number of aryl methyl sites for hydroxylation is 1. The van der Waals surface area contributed by atoms with Crippen LogP contribution in [0.2, 0.25) is 0 Å². The summed E-state index contributed by atoms with van der Waals surface area (Å²) in [6.07, 6.45) is 3.65. The summed E-state index contributed by atoms with van der Waals surface area (Å²) in [7, 11) is 1.72. The summed E-state index contributed by atoms with van der Waals surface area (Å²) in [4.78, 5) is 33.3. The second-order valence-corrected chi connectivity index (χ2v) is 7.84. The van der Waals surface area contributed by atoms with E-state index in [1.807, 2.05) is 38.1 Å². The topological polar surface area (TPSA) is 114 Å². The lowest BCUT2D eigenvalue weighted by atomic mass is 10.2. The van der Waals surface area contributed by atoms with Crippen LogP contribution in [0.1, 0.15) is 18.9 Å². The third kappa shape index (κ3) is 7.54. The second kappa shape index (κ2) is 11.7. The molecule has 3 rings (SSSR count). The molecule has 0 aliphatic rings. The standard InChI is InChI=1S/C23H28FN7O3/c1-16-4-6-19(7-5-16)34-15-17(2)30(3)22(33)14-31-13-18(12-27-31)28-21(32)9-11-25-20-8-10-26-23(24)29-20/h4-8,10,12-13,17H,9,11,14-15H2,1-3H3,(H,28,32)(H,25,26,29)/t17-/m0/s1. The zero-order valence-corrected chi connectivity index (χ0v) is 19.4. The van der Waals surface area contributed by atoms with Gasteiger partial charge in [-0.25, -0.2) is 4.98 Å². The van der Waals surface area contributed by atoms with Crippen molar-refractivity contribution in [2.45, 2.75) is 32.9 Å². The van der Waals surface area contributed by atoms with Gasteiger partial charge in [-0.2, -0.15) is 14.5 Å². The highest BCUT2D eigenvalue weighted by atomic mass is 19.1. The molecule has 2 heterocycles. The smallest absolute Gasteiger partial charge is 0.310 e. The summed E-state index contributed by atoms with van der Waals surface area (Å²) in [6, 6.07) is 9.11. The highest BCUT2D eigenvalue weighted by Gasteiger charge is 2.17. The fourth-order valence-electron chi connectivity index (χ4n) is 2.93. The predicted molar refractivity (Wildman–Crippen MR) is 125 cm³/mol. The number of likely N-dealkylation sites (N-methyl/N-ethyl adjacent to an activating group) is 1. The second-order valence-electron chi connectivity index (χ2n) is 7.84. The fourth-order valence-corrected chi connectivity index (χ4v) is 2.93. The number of nitrogens with one attached hydrogen (secondary N) is 2. The third-order valence-electron chi connectivity index (χ3n) is 5.07. The Kier molecular flexibility index (Phi) is 8.49. The van der Waals surface area contributed by atoms with Crippen LogP contribution in [0.15, 0.2) is 48.9 Å². The van der Waals surface area contributed by atoms with E-state index < -0.39 is 6.08 Å². The first-order valence-corrected chi connectivity index (χ1v) is 10.8. The van der Waals surface area contributed by atoms with Gasteiger partial charge in [-0.15, -0.1) is 0 Å². The maximum Gasteiger partial charge on any atom is 0.310 e. The van der Waals surface area contributed by atoms with Crippen LogP contribution >= 0.6 is 0 Å². The number of aromatic nitrogens is 4. The Hall–Kier alpha value is -4.02. The molecule has 2 N–H and O–H groups in total. The van der Waals surface area contributed by atoms with Crippen molar-refractivity contribution in [3.63, 3.8) is 0 Å². The van der Waals surface area contributed by atoms with Crippen LogP contribution in [0.4, 0.5) is 15.9 Å². The number of hydrogen-bond donors (Lipinski definition) is 2. The molecule has 0 bridgehead atoms. The number of anilines is 2. The average Bonchev–Trinajstić information content (AvgIpc) is 3.24. The van der Waals surface area contributed by atoms with Gasteiger partial charge in [-0.3, -0.25) is 14.3 Å². The van der Waals surface area contributed by atoms with E-state index in [4.69, 9.17) is 4.74 Å². The van der Waals surface area contributed by atoms with Gasteiger partial charge >= 0.3 is 6.08 Å². The van der Waals surface area contributed by atoms with Gasteiger partial charge in [0.05, 0.1) is 17.9 Å². The van der Waals surface area contributed by atoms with Crippen LogP contribution in [-0.2, 0) is 16.1 Å². The van der Waals surface area contributed by atoms with E-state index in [1.54, 1.807) is 18.1 Å². The zero-order valence-electron chi connectivity index (χ0n) is 19.4. The Morgan fingerprint density at radius 1 is 1.24 bits per heavy atom. The summed E-state index contributed by atoms with van der Waals surface area (Å²) < 4.78 is 20.2. The number of ether oxygens (including phenoxy) is 1. The van der Waals surface area contributed by atoms with Crippen molar-refractivity contribution in [1.82, 2.24) is 24.6 Å². The molecule has 3 aromatic rings. The van der Waals surface area contributed by atoms with E-state index >= 15 is 0 Å². The Bertz CT molecular complexity index is 1100. The van der Waals surface area contributed by atoms with Crippen molar-refractivity contribution < 1.29 is 18.7 Å². The van der Waals surface area contributed by atoms with E-state index in [2.05, 4.69) is 25.7 Å². The summed E-state index contributed by atoms with van der Waals surface area (Å²) >= 11 is 0. The molecule has 0 unspecified atom stereocenters. The Balaban J connectivity index is 1.40. The first-order valence-electron chi connectivity index (χ1n) is 10.8. The molecule has 2 amide bonds. The molecule has 1 aromatic carbocycles. The van der Waals surface area contributed by atoms with Gasteiger partial charge in [0.2, 0.25) is 11.8 Å². The number of benzene rings is 1. The van der Waals surface area contributed by atoms with Gasteiger partial charge < -0.3 is 20.3 Å². The highest BCUT2D eigenvalue weighted by Crippen LogP contribution is 2.13. The van der Waals surface area contributed by atoms with Crippen LogP contribution in [0, 0.1) is 13.0 Å². The average molecular weight is 470 g/mol. The molecular formula is C23H28FN7O3. The lowest BCUT2D eigenvalue weighted by molar-refractivity contribution is -0.133. The minimum absolute atomic E-state index is 0.0298. The maximum atomic E-state index is 13.0. The summed E-state index contributed by atoms with van der Waals surface area (Å²) in [6.45, 7) is 4.57. The number of nitrogens with zero attached hydrogens (tertiary/aromatic N) is 5. The predicted octanol–water partition coefficient (Wildman–Crippen LogP) is 2.49. The molecular weight excluding hydrogens is 441 g/mol. The zero-order chi connectivity index (χ0) is 24.5. The van der Waals surface area contributed by atoms with Gasteiger partial charge in [0.25, 0.3) is 0 Å². The monoisotopic (exact) mass is 469 g/mol. The van der Waals surface area contributed by atoms with Gasteiger partial charge in [0.15, 0.2) is 0 Å². The number of rotatable bonds is 11. The van der Waals surface area contributed by atoms with Crippen molar-refractivity contribution in [1.29, 1.82) is 0 Å². The van der Waals surface area contributed by atoms with Crippen LogP contribution in [0.25, 0.3) is 0 Å². The summed E-state index contributed by atoms with van der Waals surface area (Å²) in [5.41, 5.74) is 1.63. The number of amides is 2. The van der Waals surface area contributed by atoms with E-state index in [1.165, 1.54) is 23.1 Å². The van der Waals surface area contributed by atoms with Gasteiger partial charge in [-0.1, -0.05) is 17.7 Å². The summed E-state index contributed by atoms with van der Waals surface area (Å²) in [5.74, 6) is 0.661. The molecule has 0 aliphatic carbocycles. The van der Waals surface area contributed by atoms with Gasteiger partial charge in [-0.05, 0) is 32.0 Å². The Labute approximate surface area is 197 Å². The van der Waals surface area contributed by atoms with Gasteiger partial charge in [0, 0.05) is 32.4 Å². The molecule has 180 valence electrons. The largest absolute Gasteiger partial charge is 0.491 e. The summed E-state index contributed by atoms with van der Waals surface area (Å²) in [5, 5.41) is 9.70. The van der Waals surface area contributed by atoms with Crippen LogP contribution in [0.3, 0.4) is 0 Å². The van der Waals surface area contributed by atoms with Crippen molar-refractivity contribution in [2.75, 3.05) is 30.8 Å². The minimum Gasteiger partial charge on any atom is -0.491 e. The molecule has 0 aliphatic heterocycles. The molecule has 10 nitrogen and oxygen atoms in total. The number of halogens is 1. The van der Waals surface area contributed by atoms with Crippen LogP contribution in [0.5, 0.6) is 5.75 Å². The van der Waals surface area contributed by atoms with Crippen LogP contribution in [-0.4, -0.2) is 62.7 Å². The minimum atomic E-state index is -0.838. The fraction of sp³-hybridized carbons (Fsp3) is 0.348. The molecule has 0 saturated heterocycles. The van der Waals surface area contributed by atoms with Crippen molar-refractivity contribution >= 4 is 23.3 Å². The molecule has 0 radical (unpaired) electrons. The SMILES string of the molecule is Cc1ccc(OC[C@H](C)N(C)C(=O)Cn2cc(NC(=O)CCNc3ccnc(F)n3)cn2)cc1. The molecule has 0 saturated carbocycles. The van der Waals surface area contributed by atoms with Crippen molar-refractivity contribution in [3.8, 4) is 5.75 Å². The Morgan fingerprint density at radius 3 is 2.74 bits per heavy atom. The van der Waals surface area contributed by atoms with E-state index in [-0.39, 0.29) is 37.4 Å². The molecule has 11 heteroatoms. The lowest BCUT2D eigenvalue weighted by Gasteiger charge is -2.25. The van der Waals surface area contributed by atoms with Crippen LogP contribution < -0.4 is 15.4 Å². The van der Waals surface area contributed by atoms with Gasteiger partial charge in [0.1, 0.15) is 24.7 Å². The Morgan fingerprint density at radius 2 is 2.00 bits per heavy atom. The van der Waals surface area contributed by atoms with E-state index in [0.29, 0.717) is 18.1 Å². The lowest BCUT2D eigenvalue weighted by Crippen LogP contribution is -2.40. The number of hydrogen-bond acceptors (Lipinski definition) is 7. The first-order chi connectivity index (χ1) is 16.3. The van der Waals surface area contributed by atoms with E-state index in [0.717, 1.165) is 11.3 Å². The van der Waals surface area contributed by atoms with E-state index in [9.17, 15) is 14.0 Å². The normalized spacial score (nSPS) is 11.5. The van der Waals surface area contributed by atoms with Crippen molar-refractivity contribution in [2.24, 2.45) is 0 Å². The van der Waals surface area contributed by atoms with Crippen molar-refractivity contribution in [3.05, 3.63) is 60.6 Å². The number of carbonyl (C=O) groups excluding carboxylic acids is 2. The number of carbonyl (C=O) groups is 2.